The van der Waals surface area contributed by atoms with Crippen LogP contribution in [0.5, 0.6) is 0 Å². The van der Waals surface area contributed by atoms with Gasteiger partial charge in [0.15, 0.2) is 0 Å². The Morgan fingerprint density at radius 1 is 1.48 bits per heavy atom. The Labute approximate surface area is 151 Å². The number of amides is 1. The van der Waals surface area contributed by atoms with Crippen molar-refractivity contribution >= 4 is 21.3 Å². The van der Waals surface area contributed by atoms with Crippen LogP contribution in [-0.2, 0) is 14.1 Å². The first-order valence-electron chi connectivity index (χ1n) is 8.82. The third kappa shape index (κ3) is 3.01. The summed E-state index contributed by atoms with van der Waals surface area (Å²) in [5.74, 6) is -1.07. The minimum absolute atomic E-state index is 0.0369. The molecule has 0 saturated carbocycles. The van der Waals surface area contributed by atoms with Gasteiger partial charge in [-0.15, -0.1) is 0 Å². The van der Waals surface area contributed by atoms with Crippen molar-refractivity contribution in [3.63, 3.8) is 0 Å². The van der Waals surface area contributed by atoms with Crippen LogP contribution < -0.4 is 0 Å². The summed E-state index contributed by atoms with van der Waals surface area (Å²) in [5, 5.41) is 9.95. The molecule has 0 bridgehead atoms. The van der Waals surface area contributed by atoms with Crippen molar-refractivity contribution in [3.8, 4) is 0 Å². The van der Waals surface area contributed by atoms with E-state index in [2.05, 4.69) is 23.9 Å². The molecular formula is C17H28N3O4P. The normalized spacial score (nSPS) is 33.7. The summed E-state index contributed by atoms with van der Waals surface area (Å²) in [7, 11) is 6.14. The fourth-order valence-electron chi connectivity index (χ4n) is 4.52. The zero-order chi connectivity index (χ0) is 18.5. The van der Waals surface area contributed by atoms with E-state index in [1.807, 2.05) is 16.4 Å². The molecule has 0 aromatic heterocycles. The van der Waals surface area contributed by atoms with Crippen LogP contribution in [0, 0.1) is 11.8 Å². The fourth-order valence-corrected chi connectivity index (χ4v) is 4.63. The van der Waals surface area contributed by atoms with Gasteiger partial charge in [0.2, 0.25) is 5.91 Å². The number of rotatable bonds is 5. The highest BCUT2D eigenvalue weighted by Gasteiger charge is 2.60. The number of aliphatic hydroxyl groups excluding tert-OH is 1. The number of carbonyl (C=O) groups is 2. The van der Waals surface area contributed by atoms with Gasteiger partial charge < -0.3 is 19.4 Å². The Morgan fingerprint density at radius 2 is 2.16 bits per heavy atom. The Bertz CT molecular complexity index is 607. The van der Waals surface area contributed by atoms with Crippen molar-refractivity contribution in [1.82, 2.24) is 14.7 Å². The molecule has 2 fully saturated rings. The van der Waals surface area contributed by atoms with Crippen LogP contribution in [0.25, 0.3) is 0 Å². The lowest BCUT2D eigenvalue weighted by Crippen LogP contribution is -2.63. The van der Waals surface area contributed by atoms with E-state index in [1.54, 1.807) is 11.8 Å². The van der Waals surface area contributed by atoms with Gasteiger partial charge in [-0.2, -0.15) is 0 Å². The third-order valence-electron chi connectivity index (χ3n) is 5.99. The maximum absolute atomic E-state index is 12.5. The number of β-lactam (4-membered cyclic amide) rings is 1. The largest absolute Gasteiger partial charge is 0.447 e. The molecule has 2 saturated heterocycles. The Kier molecular flexibility index (Phi) is 5.22. The van der Waals surface area contributed by atoms with Gasteiger partial charge in [-0.05, 0) is 33.0 Å². The van der Waals surface area contributed by atoms with Crippen molar-refractivity contribution in [2.24, 2.45) is 11.8 Å². The predicted molar refractivity (Wildman–Crippen MR) is 96.3 cm³/mol. The summed E-state index contributed by atoms with van der Waals surface area (Å²) < 4.78 is 4.87. The maximum Gasteiger partial charge on any atom is 0.357 e. The van der Waals surface area contributed by atoms with Gasteiger partial charge in [-0.25, -0.2) is 4.79 Å². The molecule has 1 N–H and O–H groups in total. The quantitative estimate of drug-likeness (QED) is 0.546. The van der Waals surface area contributed by atoms with E-state index in [0.717, 1.165) is 25.1 Å². The van der Waals surface area contributed by atoms with E-state index >= 15 is 0 Å². The van der Waals surface area contributed by atoms with Crippen molar-refractivity contribution in [3.05, 3.63) is 11.3 Å². The van der Waals surface area contributed by atoms with E-state index < -0.39 is 18.0 Å². The average molecular weight is 369 g/mol. The van der Waals surface area contributed by atoms with E-state index in [0.29, 0.717) is 18.3 Å². The molecule has 8 heteroatoms. The minimum atomic E-state index is -0.714. The summed E-state index contributed by atoms with van der Waals surface area (Å²) in [5.41, 5.74) is 1.33. The van der Waals surface area contributed by atoms with E-state index in [-0.39, 0.29) is 17.9 Å². The first-order valence-corrected chi connectivity index (χ1v) is 9.29. The molecule has 0 aliphatic carbocycles. The Morgan fingerprint density at radius 3 is 2.68 bits per heavy atom. The van der Waals surface area contributed by atoms with Crippen molar-refractivity contribution < 1.29 is 19.2 Å². The van der Waals surface area contributed by atoms with Crippen molar-refractivity contribution in [2.75, 3.05) is 33.7 Å². The van der Waals surface area contributed by atoms with E-state index in [4.69, 9.17) is 4.52 Å². The van der Waals surface area contributed by atoms with Crippen LogP contribution in [0.2, 0.25) is 0 Å². The average Bonchev–Trinajstić information content (AvgIpc) is 3.10. The molecule has 7 nitrogen and oxygen atoms in total. The van der Waals surface area contributed by atoms with Crippen molar-refractivity contribution in [2.45, 2.75) is 38.5 Å². The second-order valence-corrected chi connectivity index (χ2v) is 7.91. The van der Waals surface area contributed by atoms with Crippen molar-refractivity contribution in [1.29, 1.82) is 0 Å². The van der Waals surface area contributed by atoms with Gasteiger partial charge in [0, 0.05) is 31.6 Å². The zero-order valence-electron chi connectivity index (χ0n) is 15.3. The lowest BCUT2D eigenvalue weighted by atomic mass is 9.77. The number of likely N-dealkylation sites (tertiary alicyclic amines) is 1. The Balaban J connectivity index is 1.84. The van der Waals surface area contributed by atoms with Crippen LogP contribution in [-0.4, -0.2) is 83.6 Å². The van der Waals surface area contributed by atoms with Gasteiger partial charge in [0.1, 0.15) is 5.70 Å². The van der Waals surface area contributed by atoms with Gasteiger partial charge in [0.25, 0.3) is 0 Å². The monoisotopic (exact) mass is 369 g/mol. The first-order chi connectivity index (χ1) is 11.8. The molecule has 6 atom stereocenters. The van der Waals surface area contributed by atoms with Crippen LogP contribution in [0.3, 0.4) is 0 Å². The standard InChI is InChI=1S/C17H28N3O4P/c1-9-12(8-19-6-5-11(7-19)18(3)4)15(17(23)24-25)20-14(9)13(10(2)21)16(20)22/h9-11,13-14,21H,5-8,25H2,1-4H3/t9-,10+,11-,13?,14+/m0/s1. The number of carbonyl (C=O) groups excluding carboxylic acids is 2. The molecule has 140 valence electrons. The van der Waals surface area contributed by atoms with Gasteiger partial charge in [-0.1, -0.05) is 6.92 Å². The number of aliphatic hydroxyl groups is 1. The van der Waals surface area contributed by atoms with E-state index in [9.17, 15) is 14.7 Å². The summed E-state index contributed by atoms with van der Waals surface area (Å²) >= 11 is 0. The van der Waals surface area contributed by atoms with Crippen LogP contribution >= 0.6 is 9.47 Å². The van der Waals surface area contributed by atoms with Crippen LogP contribution in [0.1, 0.15) is 20.3 Å². The first kappa shape index (κ1) is 18.8. The molecule has 1 amide bonds. The Hall–Kier alpha value is -1.01. The second kappa shape index (κ2) is 6.95. The van der Waals surface area contributed by atoms with Crippen LogP contribution in [0.4, 0.5) is 0 Å². The molecule has 2 unspecified atom stereocenters. The van der Waals surface area contributed by atoms with Gasteiger partial charge >= 0.3 is 5.97 Å². The molecule has 25 heavy (non-hydrogen) atoms. The summed E-state index contributed by atoms with van der Waals surface area (Å²) in [6.45, 7) is 6.26. The molecule has 0 spiro atoms. The second-order valence-electron chi connectivity index (χ2n) is 7.67. The number of fused-ring (bicyclic) bond motifs is 1. The fraction of sp³-hybridized carbons (Fsp3) is 0.765. The number of hydrogen-bond donors (Lipinski definition) is 1. The highest BCUT2D eigenvalue weighted by atomic mass is 31.0. The number of nitrogens with zero attached hydrogens (tertiary/aromatic N) is 3. The molecule has 3 heterocycles. The summed E-state index contributed by atoms with van der Waals surface area (Å²) in [4.78, 5) is 30.9. The minimum Gasteiger partial charge on any atom is -0.447 e. The molecular weight excluding hydrogens is 341 g/mol. The summed E-state index contributed by atoms with van der Waals surface area (Å²) in [6, 6.07) is 0.368. The topological polar surface area (TPSA) is 73.3 Å². The molecule has 0 aromatic rings. The van der Waals surface area contributed by atoms with Gasteiger partial charge in [0.05, 0.1) is 27.5 Å². The highest BCUT2D eigenvalue weighted by Crippen LogP contribution is 2.47. The molecule has 3 aliphatic rings. The lowest BCUT2D eigenvalue weighted by Gasteiger charge is -2.46. The van der Waals surface area contributed by atoms with Gasteiger partial charge in [-0.3, -0.25) is 9.69 Å². The lowest BCUT2D eigenvalue weighted by molar-refractivity contribution is -0.162. The number of hydrogen-bond acceptors (Lipinski definition) is 6. The molecule has 0 radical (unpaired) electrons. The summed E-state index contributed by atoms with van der Waals surface area (Å²) in [6.07, 6.45) is 0.384. The maximum atomic E-state index is 12.5. The smallest absolute Gasteiger partial charge is 0.357 e. The third-order valence-corrected chi connectivity index (χ3v) is 6.20. The zero-order valence-corrected chi connectivity index (χ0v) is 16.5. The predicted octanol–water partition coefficient (Wildman–Crippen LogP) is 0.0672. The van der Waals surface area contributed by atoms with E-state index in [1.165, 1.54) is 0 Å². The SMILES string of the molecule is C[C@@H](O)C1C(=O)N2C(C(=O)OP)=C(CN3CC[C@H](N(C)C)C3)[C@H](C)[C@H]12. The molecule has 3 rings (SSSR count). The molecule has 3 aliphatic heterocycles. The van der Waals surface area contributed by atoms with Crippen LogP contribution in [0.15, 0.2) is 11.3 Å². The molecule has 0 aromatic carbocycles. The number of likely N-dealkylation sites (N-methyl/N-ethyl adjacent to an activating group) is 1. The highest BCUT2D eigenvalue weighted by molar-refractivity contribution is 7.10.